The molecular formula is C16H20FN3O4. The minimum absolute atomic E-state index is 0.0180. The second-order valence-electron chi connectivity index (χ2n) is 6.42. The highest BCUT2D eigenvalue weighted by Crippen LogP contribution is 2.43. The highest BCUT2D eigenvalue weighted by molar-refractivity contribution is 5.88. The van der Waals surface area contributed by atoms with Gasteiger partial charge < -0.3 is 20.0 Å². The summed E-state index contributed by atoms with van der Waals surface area (Å²) in [7, 11) is 1.65. The number of aliphatic carboxylic acids is 1. The Hall–Kier alpha value is -2.22. The molecule has 2 aliphatic heterocycles. The summed E-state index contributed by atoms with van der Waals surface area (Å²) >= 11 is 0. The van der Waals surface area contributed by atoms with E-state index in [1.807, 2.05) is 4.90 Å². The molecular weight excluding hydrogens is 317 g/mol. The molecule has 0 unspecified atom stereocenters. The normalized spacial score (nSPS) is 23.1. The molecule has 8 heteroatoms. The Kier molecular flexibility index (Phi) is 4.16. The van der Waals surface area contributed by atoms with E-state index in [0.717, 1.165) is 6.20 Å². The average Bonchev–Trinajstić information content (AvgIpc) is 2.82. The maximum atomic E-state index is 14.1. The zero-order valence-corrected chi connectivity index (χ0v) is 13.4. The van der Waals surface area contributed by atoms with E-state index < -0.39 is 23.2 Å². The van der Waals surface area contributed by atoms with Crippen LogP contribution in [0.2, 0.25) is 0 Å². The minimum atomic E-state index is -0.959. The number of carboxylic acid groups (broad SMARTS) is 1. The highest BCUT2D eigenvalue weighted by atomic mass is 19.1. The number of aliphatic hydroxyl groups is 1. The van der Waals surface area contributed by atoms with E-state index in [-0.39, 0.29) is 18.9 Å². The Labute approximate surface area is 138 Å². The van der Waals surface area contributed by atoms with Crippen LogP contribution >= 0.6 is 0 Å². The largest absolute Gasteiger partial charge is 0.481 e. The lowest BCUT2D eigenvalue weighted by Crippen LogP contribution is -2.56. The Morgan fingerprint density at radius 1 is 1.46 bits per heavy atom. The van der Waals surface area contributed by atoms with Crippen LogP contribution in [-0.4, -0.2) is 57.6 Å². The lowest BCUT2D eigenvalue weighted by atomic mass is 9.77. The Morgan fingerprint density at radius 2 is 2.12 bits per heavy atom. The lowest BCUT2D eigenvalue weighted by molar-refractivity contribution is -0.145. The number of anilines is 1. The van der Waals surface area contributed by atoms with Gasteiger partial charge in [-0.05, 0) is 18.9 Å². The van der Waals surface area contributed by atoms with Crippen molar-refractivity contribution in [1.29, 1.82) is 0 Å². The minimum Gasteiger partial charge on any atom is -0.481 e. The van der Waals surface area contributed by atoms with Gasteiger partial charge in [0.25, 0.3) is 0 Å². The molecule has 24 heavy (non-hydrogen) atoms. The number of hydrogen-bond donors (Lipinski definition) is 2. The first kappa shape index (κ1) is 16.6. The van der Waals surface area contributed by atoms with Crippen LogP contribution in [0.15, 0.2) is 12.3 Å². The van der Waals surface area contributed by atoms with Crippen LogP contribution in [0.1, 0.15) is 25.0 Å². The van der Waals surface area contributed by atoms with Crippen molar-refractivity contribution in [2.75, 3.05) is 25.0 Å². The molecule has 0 radical (unpaired) electrons. The number of hydrogen-bond acceptors (Lipinski definition) is 5. The van der Waals surface area contributed by atoms with Crippen molar-refractivity contribution >= 4 is 17.6 Å². The number of aromatic nitrogens is 1. The summed E-state index contributed by atoms with van der Waals surface area (Å²) in [5.41, 5.74) is 0.0222. The summed E-state index contributed by atoms with van der Waals surface area (Å²) in [5.74, 6) is -2.33. The van der Waals surface area contributed by atoms with Crippen LogP contribution < -0.4 is 4.90 Å². The number of carbonyl (C=O) groups excluding carboxylic acids is 1. The zero-order valence-electron chi connectivity index (χ0n) is 13.4. The third kappa shape index (κ3) is 2.50. The lowest BCUT2D eigenvalue weighted by Gasteiger charge is -2.46. The first-order chi connectivity index (χ1) is 11.4. The molecule has 1 aromatic heterocycles. The second-order valence-corrected chi connectivity index (χ2v) is 6.42. The first-order valence-corrected chi connectivity index (χ1v) is 7.89. The molecule has 3 heterocycles. The summed E-state index contributed by atoms with van der Waals surface area (Å²) in [5, 5.41) is 18.6. The Balaban J connectivity index is 1.83. The van der Waals surface area contributed by atoms with Crippen molar-refractivity contribution in [2.24, 2.45) is 5.92 Å². The van der Waals surface area contributed by atoms with Crippen molar-refractivity contribution in [3.05, 3.63) is 23.8 Å². The van der Waals surface area contributed by atoms with E-state index in [9.17, 15) is 19.1 Å². The quantitative estimate of drug-likeness (QED) is 0.840. The molecule has 7 nitrogen and oxygen atoms in total. The van der Waals surface area contributed by atoms with Crippen LogP contribution in [0.5, 0.6) is 0 Å². The van der Waals surface area contributed by atoms with Gasteiger partial charge in [0, 0.05) is 26.6 Å². The van der Waals surface area contributed by atoms with Crippen molar-refractivity contribution in [2.45, 2.75) is 31.4 Å². The fraction of sp³-hybridized carbons (Fsp3) is 0.562. The van der Waals surface area contributed by atoms with Gasteiger partial charge in [0.15, 0.2) is 5.82 Å². The molecule has 130 valence electrons. The third-order valence-electron chi connectivity index (χ3n) is 5.39. The van der Waals surface area contributed by atoms with Gasteiger partial charge in [0.1, 0.15) is 0 Å². The SMILES string of the molecule is CN1C(=O)C[C@@H](C(=O)O)C12CCN(c1cc(CO)ncc1F)CC2. The van der Waals surface area contributed by atoms with Gasteiger partial charge in [-0.15, -0.1) is 0 Å². The number of aliphatic hydroxyl groups excluding tert-OH is 1. The molecule has 1 amide bonds. The monoisotopic (exact) mass is 337 g/mol. The molecule has 2 fully saturated rings. The number of carboxylic acids is 1. The standard InChI is InChI=1S/C16H20FN3O4/c1-19-14(22)7-11(15(23)24)16(19)2-4-20(5-3-16)13-6-10(9-21)18-8-12(13)17/h6,8,11,21H,2-5,7,9H2,1H3,(H,23,24)/t11-/m0/s1. The van der Waals surface area contributed by atoms with E-state index in [1.54, 1.807) is 11.9 Å². The van der Waals surface area contributed by atoms with Crippen molar-refractivity contribution in [3.8, 4) is 0 Å². The molecule has 0 bridgehead atoms. The van der Waals surface area contributed by atoms with Crippen LogP contribution in [0, 0.1) is 11.7 Å². The van der Waals surface area contributed by atoms with Gasteiger partial charge in [0.2, 0.25) is 5.91 Å². The number of halogens is 1. The van der Waals surface area contributed by atoms with Crippen LogP contribution in [0.3, 0.4) is 0 Å². The number of rotatable bonds is 3. The van der Waals surface area contributed by atoms with Gasteiger partial charge >= 0.3 is 5.97 Å². The van der Waals surface area contributed by atoms with E-state index >= 15 is 0 Å². The molecule has 2 aliphatic rings. The second kappa shape index (κ2) is 6.01. The predicted molar refractivity (Wildman–Crippen MR) is 82.8 cm³/mol. The summed E-state index contributed by atoms with van der Waals surface area (Å²) in [4.78, 5) is 30.7. The van der Waals surface area contributed by atoms with E-state index in [1.165, 1.54) is 6.07 Å². The van der Waals surface area contributed by atoms with E-state index in [4.69, 9.17) is 5.11 Å². The topological polar surface area (TPSA) is 94.0 Å². The number of pyridine rings is 1. The van der Waals surface area contributed by atoms with Gasteiger partial charge in [-0.25, -0.2) is 4.39 Å². The maximum Gasteiger partial charge on any atom is 0.309 e. The fourth-order valence-corrected chi connectivity index (χ4v) is 3.92. The smallest absolute Gasteiger partial charge is 0.309 e. The summed E-state index contributed by atoms with van der Waals surface area (Å²) in [6.45, 7) is 0.601. The van der Waals surface area contributed by atoms with E-state index in [2.05, 4.69) is 4.98 Å². The number of piperidine rings is 1. The number of carbonyl (C=O) groups is 2. The average molecular weight is 337 g/mol. The number of likely N-dealkylation sites (tertiary alicyclic amines) is 1. The molecule has 2 N–H and O–H groups in total. The van der Waals surface area contributed by atoms with Gasteiger partial charge in [-0.2, -0.15) is 0 Å². The molecule has 1 aromatic rings. The summed E-state index contributed by atoms with van der Waals surface area (Å²) in [6, 6.07) is 1.51. The maximum absolute atomic E-state index is 14.1. The number of amides is 1. The van der Waals surface area contributed by atoms with Crippen LogP contribution in [0.4, 0.5) is 10.1 Å². The van der Waals surface area contributed by atoms with Crippen molar-refractivity contribution < 1.29 is 24.2 Å². The zero-order chi connectivity index (χ0) is 17.5. The van der Waals surface area contributed by atoms with Gasteiger partial charge in [-0.1, -0.05) is 0 Å². The van der Waals surface area contributed by atoms with Crippen molar-refractivity contribution in [1.82, 2.24) is 9.88 Å². The van der Waals surface area contributed by atoms with Crippen molar-refractivity contribution in [3.63, 3.8) is 0 Å². The Bertz CT molecular complexity index is 673. The molecule has 0 aliphatic carbocycles. The van der Waals surface area contributed by atoms with E-state index in [0.29, 0.717) is 37.3 Å². The fourth-order valence-electron chi connectivity index (χ4n) is 3.92. The number of nitrogens with zero attached hydrogens (tertiary/aromatic N) is 3. The van der Waals surface area contributed by atoms with Crippen LogP contribution in [0.25, 0.3) is 0 Å². The molecule has 1 atom stereocenters. The Morgan fingerprint density at radius 3 is 2.71 bits per heavy atom. The third-order valence-corrected chi connectivity index (χ3v) is 5.39. The molecule has 0 aromatic carbocycles. The molecule has 0 saturated carbocycles. The summed E-state index contributed by atoms with van der Waals surface area (Å²) in [6.07, 6.45) is 2.02. The molecule has 1 spiro atoms. The molecule has 2 saturated heterocycles. The summed E-state index contributed by atoms with van der Waals surface area (Å²) < 4.78 is 14.1. The predicted octanol–water partition coefficient (Wildman–Crippen LogP) is 0.615. The van der Waals surface area contributed by atoms with Gasteiger partial charge in [-0.3, -0.25) is 14.6 Å². The van der Waals surface area contributed by atoms with Crippen LogP contribution in [-0.2, 0) is 16.2 Å². The first-order valence-electron chi connectivity index (χ1n) is 7.89. The van der Waals surface area contributed by atoms with Gasteiger partial charge in [0.05, 0.1) is 35.6 Å². The highest BCUT2D eigenvalue weighted by Gasteiger charge is 2.55. The molecule has 3 rings (SSSR count).